The Morgan fingerprint density at radius 1 is 0.276 bits per heavy atom. The second-order valence-electron chi connectivity index (χ2n) is 15.0. The third-order valence-corrected chi connectivity index (χ3v) is 11.7. The molecular formula is C54H34N4. The summed E-state index contributed by atoms with van der Waals surface area (Å²) in [6.07, 6.45) is 0. The molecule has 58 heavy (non-hydrogen) atoms. The monoisotopic (exact) mass is 738 g/mol. The van der Waals surface area contributed by atoms with Crippen molar-refractivity contribution in [1.29, 1.82) is 0 Å². The van der Waals surface area contributed by atoms with Gasteiger partial charge < -0.3 is 4.57 Å². The summed E-state index contributed by atoms with van der Waals surface area (Å²) in [5.41, 5.74) is 11.9. The molecule has 0 aliphatic rings. The number of fused-ring (bicyclic) bond motifs is 9. The van der Waals surface area contributed by atoms with Gasteiger partial charge in [0.2, 0.25) is 5.95 Å². The Morgan fingerprint density at radius 3 is 1.40 bits per heavy atom. The van der Waals surface area contributed by atoms with E-state index < -0.39 is 0 Å². The highest BCUT2D eigenvalue weighted by Gasteiger charge is 2.19. The summed E-state index contributed by atoms with van der Waals surface area (Å²) < 4.78 is 4.63. The van der Waals surface area contributed by atoms with Crippen molar-refractivity contribution in [2.45, 2.75) is 0 Å². The molecule has 3 aromatic heterocycles. The lowest BCUT2D eigenvalue weighted by Crippen LogP contribution is -2.03. The molecule has 0 saturated carbocycles. The van der Waals surface area contributed by atoms with Gasteiger partial charge in [0.25, 0.3) is 0 Å². The van der Waals surface area contributed by atoms with Crippen molar-refractivity contribution < 1.29 is 0 Å². The number of hydrogen-bond acceptors (Lipinski definition) is 2. The third kappa shape index (κ3) is 5.09. The quantitative estimate of drug-likeness (QED) is 0.165. The van der Waals surface area contributed by atoms with E-state index in [1.807, 2.05) is 12.1 Å². The van der Waals surface area contributed by atoms with Gasteiger partial charge in [-0.2, -0.15) is 0 Å². The average Bonchev–Trinajstić information content (AvgIpc) is 3.81. The fraction of sp³-hybridized carbons (Fsp3) is 0. The summed E-state index contributed by atoms with van der Waals surface area (Å²) >= 11 is 0. The Morgan fingerprint density at radius 2 is 0.759 bits per heavy atom. The summed E-state index contributed by atoms with van der Waals surface area (Å²) in [6, 6.07) is 73.9. The van der Waals surface area contributed by atoms with E-state index in [0.29, 0.717) is 5.95 Å². The second kappa shape index (κ2) is 12.9. The van der Waals surface area contributed by atoms with Gasteiger partial charge in [-0.3, -0.25) is 4.57 Å². The molecule has 0 atom stereocenters. The molecule has 270 valence electrons. The van der Waals surface area contributed by atoms with E-state index in [1.165, 1.54) is 48.9 Å². The lowest BCUT2D eigenvalue weighted by molar-refractivity contribution is 0.995. The van der Waals surface area contributed by atoms with Crippen molar-refractivity contribution in [3.05, 3.63) is 206 Å². The molecule has 0 saturated heterocycles. The van der Waals surface area contributed by atoms with E-state index in [9.17, 15) is 0 Å². The lowest BCUT2D eigenvalue weighted by Gasteiger charge is -2.12. The molecule has 0 aliphatic carbocycles. The minimum absolute atomic E-state index is 0.648. The molecule has 0 fully saturated rings. The maximum atomic E-state index is 5.22. The molecule has 0 bridgehead atoms. The summed E-state index contributed by atoms with van der Waals surface area (Å²) in [5, 5.41) is 9.84. The molecule has 9 aromatic carbocycles. The van der Waals surface area contributed by atoms with Crippen LogP contribution in [0.15, 0.2) is 206 Å². The second-order valence-corrected chi connectivity index (χ2v) is 15.0. The number of rotatable bonds is 5. The van der Waals surface area contributed by atoms with Gasteiger partial charge in [-0.15, -0.1) is 0 Å². The standard InChI is InChI=1S/C54H34N4/c1-3-14-36(15-4-1)48-34-49(37-16-5-2-6-17-37)56-54(55-48)58-51-22-12-10-20-45(51)47-33-39(26-30-53(47)58)38-25-29-52-46(32-38)44-19-9-11-21-50(44)57(52)41-27-28-43-40(31-41)24-23-35-13-7-8-18-42(35)43/h1-34H. The Bertz CT molecular complexity index is 3500. The molecule has 0 radical (unpaired) electrons. The van der Waals surface area contributed by atoms with Crippen molar-refractivity contribution in [2.24, 2.45) is 0 Å². The summed E-state index contributed by atoms with van der Waals surface area (Å²) in [4.78, 5) is 10.4. The minimum atomic E-state index is 0.648. The SMILES string of the molecule is c1ccc(-c2cc(-c3ccccc3)nc(-n3c4ccccc4c4cc(-c5ccc6c(c5)c5ccccc5n6-c5ccc6c(ccc7ccccc76)c5)ccc43)n2)cc1. The van der Waals surface area contributed by atoms with Gasteiger partial charge >= 0.3 is 0 Å². The van der Waals surface area contributed by atoms with E-state index in [1.54, 1.807) is 0 Å². The molecule has 3 heterocycles. The van der Waals surface area contributed by atoms with Crippen molar-refractivity contribution in [1.82, 2.24) is 19.1 Å². The predicted octanol–water partition coefficient (Wildman–Crippen LogP) is 14.0. The first-order valence-electron chi connectivity index (χ1n) is 19.7. The van der Waals surface area contributed by atoms with Gasteiger partial charge in [0.1, 0.15) is 0 Å². The summed E-state index contributed by atoms with van der Waals surface area (Å²) in [7, 11) is 0. The number of hydrogen-bond donors (Lipinski definition) is 0. The van der Waals surface area contributed by atoms with Crippen LogP contribution in [0.3, 0.4) is 0 Å². The van der Waals surface area contributed by atoms with Crippen LogP contribution in [0.4, 0.5) is 0 Å². The van der Waals surface area contributed by atoms with E-state index in [4.69, 9.17) is 9.97 Å². The highest BCUT2D eigenvalue weighted by Crippen LogP contribution is 2.39. The smallest absolute Gasteiger partial charge is 0.235 e. The average molecular weight is 739 g/mol. The Kier molecular flexibility index (Phi) is 7.20. The van der Waals surface area contributed by atoms with Gasteiger partial charge in [-0.05, 0) is 87.3 Å². The lowest BCUT2D eigenvalue weighted by atomic mass is 10.0. The van der Waals surface area contributed by atoms with Gasteiger partial charge in [-0.1, -0.05) is 152 Å². The molecular weight excluding hydrogens is 705 g/mol. The largest absolute Gasteiger partial charge is 0.309 e. The van der Waals surface area contributed by atoms with Crippen molar-refractivity contribution in [2.75, 3.05) is 0 Å². The van der Waals surface area contributed by atoms with E-state index in [2.05, 4.69) is 203 Å². The van der Waals surface area contributed by atoms with Crippen LogP contribution in [0.2, 0.25) is 0 Å². The van der Waals surface area contributed by atoms with E-state index >= 15 is 0 Å². The van der Waals surface area contributed by atoms with Crippen LogP contribution >= 0.6 is 0 Å². The Hall–Kier alpha value is -7.82. The minimum Gasteiger partial charge on any atom is -0.309 e. The van der Waals surface area contributed by atoms with Gasteiger partial charge in [-0.25, -0.2) is 9.97 Å². The molecule has 0 aliphatic heterocycles. The van der Waals surface area contributed by atoms with Crippen molar-refractivity contribution >= 4 is 65.2 Å². The van der Waals surface area contributed by atoms with Crippen LogP contribution < -0.4 is 0 Å². The maximum Gasteiger partial charge on any atom is 0.235 e. The number of para-hydroxylation sites is 2. The molecule has 4 heteroatoms. The van der Waals surface area contributed by atoms with Gasteiger partial charge in [0.15, 0.2) is 0 Å². The fourth-order valence-corrected chi connectivity index (χ4v) is 8.99. The molecule has 0 unspecified atom stereocenters. The van der Waals surface area contributed by atoms with E-state index in [-0.39, 0.29) is 0 Å². The number of aromatic nitrogens is 4. The first-order chi connectivity index (χ1) is 28.7. The fourth-order valence-electron chi connectivity index (χ4n) is 8.99. The van der Waals surface area contributed by atoms with Crippen LogP contribution in [-0.2, 0) is 0 Å². The molecule has 0 N–H and O–H groups in total. The zero-order valence-corrected chi connectivity index (χ0v) is 31.4. The Labute approximate surface area is 334 Å². The first-order valence-corrected chi connectivity index (χ1v) is 19.7. The zero-order chi connectivity index (χ0) is 38.2. The van der Waals surface area contributed by atoms with Crippen LogP contribution in [-0.4, -0.2) is 19.1 Å². The molecule has 0 amide bonds. The van der Waals surface area contributed by atoms with Gasteiger partial charge in [0, 0.05) is 38.4 Å². The topological polar surface area (TPSA) is 35.6 Å². The predicted molar refractivity (Wildman–Crippen MR) is 242 cm³/mol. The zero-order valence-electron chi connectivity index (χ0n) is 31.4. The van der Waals surface area contributed by atoms with Crippen LogP contribution in [0, 0.1) is 0 Å². The van der Waals surface area contributed by atoms with Crippen LogP contribution in [0.1, 0.15) is 0 Å². The number of benzene rings is 9. The molecule has 0 spiro atoms. The van der Waals surface area contributed by atoms with E-state index in [0.717, 1.165) is 55.6 Å². The highest BCUT2D eigenvalue weighted by atomic mass is 15.2. The van der Waals surface area contributed by atoms with Crippen LogP contribution in [0.5, 0.6) is 0 Å². The maximum absolute atomic E-state index is 5.22. The molecule has 4 nitrogen and oxygen atoms in total. The van der Waals surface area contributed by atoms with Crippen molar-refractivity contribution in [3.8, 4) is 45.3 Å². The molecule has 12 aromatic rings. The normalized spacial score (nSPS) is 11.8. The first kappa shape index (κ1) is 32.4. The number of nitrogens with zero attached hydrogens (tertiary/aromatic N) is 4. The summed E-state index contributed by atoms with van der Waals surface area (Å²) in [5.74, 6) is 0.648. The van der Waals surface area contributed by atoms with Crippen LogP contribution in [0.25, 0.3) is 110 Å². The summed E-state index contributed by atoms with van der Waals surface area (Å²) in [6.45, 7) is 0. The third-order valence-electron chi connectivity index (χ3n) is 11.7. The van der Waals surface area contributed by atoms with Crippen molar-refractivity contribution in [3.63, 3.8) is 0 Å². The van der Waals surface area contributed by atoms with Gasteiger partial charge in [0.05, 0.1) is 33.5 Å². The molecule has 12 rings (SSSR count). The Balaban J connectivity index is 1.02. The highest BCUT2D eigenvalue weighted by molar-refractivity contribution is 6.13.